The third-order valence-corrected chi connectivity index (χ3v) is 3.68. The minimum Gasteiger partial charge on any atom is -0.465 e. The van der Waals surface area contributed by atoms with Crippen molar-refractivity contribution >= 4 is 17.6 Å². The largest absolute Gasteiger partial charge is 0.465 e. The van der Waals surface area contributed by atoms with Gasteiger partial charge >= 0.3 is 5.97 Å². The van der Waals surface area contributed by atoms with Crippen molar-refractivity contribution in [2.45, 2.75) is 19.8 Å². The van der Waals surface area contributed by atoms with Crippen molar-refractivity contribution < 1.29 is 14.3 Å². The fraction of sp³-hybridized carbons (Fsp3) is 0.500. The molecule has 1 fully saturated rings. The third kappa shape index (κ3) is 4.56. The summed E-state index contributed by atoms with van der Waals surface area (Å²) < 4.78 is 4.67. The van der Waals surface area contributed by atoms with Gasteiger partial charge in [-0.05, 0) is 43.5 Å². The summed E-state index contributed by atoms with van der Waals surface area (Å²) in [5.74, 6) is 0.191. The number of likely N-dealkylation sites (tertiary alicyclic amines) is 1. The van der Waals surface area contributed by atoms with Gasteiger partial charge in [0.15, 0.2) is 0 Å². The van der Waals surface area contributed by atoms with E-state index in [1.807, 2.05) is 0 Å². The number of methoxy groups -OCH3 is 1. The van der Waals surface area contributed by atoms with Gasteiger partial charge in [-0.3, -0.25) is 9.69 Å². The zero-order chi connectivity index (χ0) is 15.2. The lowest BCUT2D eigenvalue weighted by Crippen LogP contribution is -2.39. The topological polar surface area (TPSA) is 58.6 Å². The number of esters is 1. The number of carbonyl (C=O) groups is 2. The van der Waals surface area contributed by atoms with Gasteiger partial charge in [0.2, 0.25) is 5.91 Å². The number of nitrogens with one attached hydrogen (secondary N) is 1. The molecule has 114 valence electrons. The summed E-state index contributed by atoms with van der Waals surface area (Å²) in [5.41, 5.74) is 1.05. The summed E-state index contributed by atoms with van der Waals surface area (Å²) >= 11 is 0. The van der Waals surface area contributed by atoms with Gasteiger partial charge in [-0.15, -0.1) is 0 Å². The summed E-state index contributed by atoms with van der Waals surface area (Å²) in [7, 11) is 1.34. The molecule has 1 N–H and O–H groups in total. The second-order valence-electron chi connectivity index (χ2n) is 5.60. The van der Waals surface area contributed by atoms with Crippen molar-refractivity contribution in [3.05, 3.63) is 29.8 Å². The van der Waals surface area contributed by atoms with E-state index in [0.717, 1.165) is 19.5 Å². The molecule has 0 bridgehead atoms. The molecule has 1 aliphatic heterocycles. The predicted molar refractivity (Wildman–Crippen MR) is 81.2 cm³/mol. The van der Waals surface area contributed by atoms with E-state index in [2.05, 4.69) is 21.9 Å². The van der Waals surface area contributed by atoms with Crippen LogP contribution in [0.1, 0.15) is 30.1 Å². The first-order valence-corrected chi connectivity index (χ1v) is 7.29. The van der Waals surface area contributed by atoms with E-state index < -0.39 is 5.97 Å². The van der Waals surface area contributed by atoms with Gasteiger partial charge < -0.3 is 10.1 Å². The fourth-order valence-electron chi connectivity index (χ4n) is 2.68. The lowest BCUT2D eigenvalue weighted by molar-refractivity contribution is -0.117. The van der Waals surface area contributed by atoms with E-state index in [1.165, 1.54) is 13.5 Å². The quantitative estimate of drug-likeness (QED) is 0.863. The number of amides is 1. The van der Waals surface area contributed by atoms with Gasteiger partial charge in [0, 0.05) is 12.2 Å². The number of hydrogen-bond acceptors (Lipinski definition) is 4. The highest BCUT2D eigenvalue weighted by atomic mass is 16.5. The number of ether oxygens (including phenoxy) is 1. The van der Waals surface area contributed by atoms with Crippen molar-refractivity contribution in [3.63, 3.8) is 0 Å². The Kier molecular flexibility index (Phi) is 5.33. The molecule has 0 aliphatic carbocycles. The summed E-state index contributed by atoms with van der Waals surface area (Å²) in [4.78, 5) is 25.7. The Morgan fingerprint density at radius 3 is 2.95 bits per heavy atom. The number of anilines is 1. The van der Waals surface area contributed by atoms with E-state index >= 15 is 0 Å². The van der Waals surface area contributed by atoms with E-state index in [9.17, 15) is 9.59 Å². The summed E-state index contributed by atoms with van der Waals surface area (Å²) in [6.45, 7) is 4.55. The van der Waals surface area contributed by atoms with Gasteiger partial charge in [-0.2, -0.15) is 0 Å². The monoisotopic (exact) mass is 290 g/mol. The van der Waals surface area contributed by atoms with Crippen LogP contribution in [0.4, 0.5) is 5.69 Å². The number of benzene rings is 1. The summed E-state index contributed by atoms with van der Waals surface area (Å²) in [5, 5.41) is 2.84. The zero-order valence-corrected chi connectivity index (χ0v) is 12.6. The average molecular weight is 290 g/mol. The Morgan fingerprint density at radius 1 is 1.43 bits per heavy atom. The highest BCUT2D eigenvalue weighted by molar-refractivity contribution is 5.95. The second kappa shape index (κ2) is 7.22. The molecule has 0 unspecified atom stereocenters. The van der Waals surface area contributed by atoms with Crippen LogP contribution in [0, 0.1) is 5.92 Å². The molecule has 1 heterocycles. The van der Waals surface area contributed by atoms with E-state index in [0.29, 0.717) is 23.7 Å². The molecule has 21 heavy (non-hydrogen) atoms. The van der Waals surface area contributed by atoms with Crippen molar-refractivity contribution in [3.8, 4) is 0 Å². The molecule has 1 atom stereocenters. The number of piperidine rings is 1. The number of carbonyl (C=O) groups excluding carboxylic acids is 2. The average Bonchev–Trinajstić information content (AvgIpc) is 2.46. The van der Waals surface area contributed by atoms with Gasteiger partial charge in [0.1, 0.15) is 0 Å². The first-order valence-electron chi connectivity index (χ1n) is 7.29. The van der Waals surface area contributed by atoms with Crippen LogP contribution in [0.25, 0.3) is 0 Å². The van der Waals surface area contributed by atoms with Crippen LogP contribution >= 0.6 is 0 Å². The molecule has 5 nitrogen and oxygen atoms in total. The lowest BCUT2D eigenvalue weighted by atomic mass is 10.0. The lowest BCUT2D eigenvalue weighted by Gasteiger charge is -2.30. The van der Waals surface area contributed by atoms with Crippen LogP contribution in [0.3, 0.4) is 0 Å². The van der Waals surface area contributed by atoms with Crippen LogP contribution < -0.4 is 5.32 Å². The first kappa shape index (κ1) is 15.5. The predicted octanol–water partition coefficient (Wildman–Crippen LogP) is 2.14. The molecule has 5 heteroatoms. The van der Waals surface area contributed by atoms with Crippen molar-refractivity contribution in [1.82, 2.24) is 4.90 Å². The molecule has 0 radical (unpaired) electrons. The maximum atomic E-state index is 12.1. The molecule has 2 rings (SSSR count). The van der Waals surface area contributed by atoms with Crippen LogP contribution in [0.2, 0.25) is 0 Å². The fourth-order valence-corrected chi connectivity index (χ4v) is 2.68. The molecule has 1 aromatic carbocycles. The highest BCUT2D eigenvalue weighted by Crippen LogP contribution is 2.16. The maximum Gasteiger partial charge on any atom is 0.337 e. The number of rotatable bonds is 4. The minimum absolute atomic E-state index is 0.0499. The molecule has 1 saturated heterocycles. The van der Waals surface area contributed by atoms with Gasteiger partial charge in [0.25, 0.3) is 0 Å². The molecule has 0 aromatic heterocycles. The van der Waals surface area contributed by atoms with Crippen LogP contribution in [0.5, 0.6) is 0 Å². The van der Waals surface area contributed by atoms with Gasteiger partial charge in [-0.25, -0.2) is 4.79 Å². The Hall–Kier alpha value is -1.88. The smallest absolute Gasteiger partial charge is 0.337 e. The second-order valence-corrected chi connectivity index (χ2v) is 5.60. The van der Waals surface area contributed by atoms with Crippen LogP contribution in [-0.4, -0.2) is 43.5 Å². The minimum atomic E-state index is -0.407. The van der Waals surface area contributed by atoms with Crippen molar-refractivity contribution in [1.29, 1.82) is 0 Å². The maximum absolute atomic E-state index is 12.1. The standard InChI is InChI=1S/C16H22N2O3/c1-12-5-4-8-18(10-12)11-15(19)17-14-7-3-6-13(9-14)16(20)21-2/h3,6-7,9,12H,4-5,8,10-11H2,1-2H3,(H,17,19)/t12-/m1/s1. The number of hydrogen-bond donors (Lipinski definition) is 1. The third-order valence-electron chi connectivity index (χ3n) is 3.68. The first-order chi connectivity index (χ1) is 10.1. The van der Waals surface area contributed by atoms with Crippen LogP contribution in [0.15, 0.2) is 24.3 Å². The van der Waals surface area contributed by atoms with Crippen molar-refractivity contribution in [2.24, 2.45) is 5.92 Å². The summed E-state index contributed by atoms with van der Waals surface area (Å²) in [6, 6.07) is 6.78. The van der Waals surface area contributed by atoms with E-state index in [1.54, 1.807) is 24.3 Å². The van der Waals surface area contributed by atoms with Crippen LogP contribution in [-0.2, 0) is 9.53 Å². The Bertz CT molecular complexity index is 516. The Morgan fingerprint density at radius 2 is 2.24 bits per heavy atom. The zero-order valence-electron chi connectivity index (χ0n) is 12.6. The molecule has 1 aliphatic rings. The Labute approximate surface area is 125 Å². The van der Waals surface area contributed by atoms with Gasteiger partial charge in [0.05, 0.1) is 19.2 Å². The molecular formula is C16H22N2O3. The molecule has 0 spiro atoms. The van der Waals surface area contributed by atoms with Gasteiger partial charge in [-0.1, -0.05) is 13.0 Å². The molecule has 1 aromatic rings. The number of nitrogens with zero attached hydrogens (tertiary/aromatic N) is 1. The van der Waals surface area contributed by atoms with E-state index in [-0.39, 0.29) is 5.91 Å². The van der Waals surface area contributed by atoms with E-state index in [4.69, 9.17) is 0 Å². The SMILES string of the molecule is COC(=O)c1cccc(NC(=O)CN2CCC[C@@H](C)C2)c1. The van der Waals surface area contributed by atoms with Crippen molar-refractivity contribution in [2.75, 3.05) is 32.1 Å². The summed E-state index contributed by atoms with van der Waals surface area (Å²) in [6.07, 6.45) is 2.38. The Balaban J connectivity index is 1.91. The molecule has 1 amide bonds. The molecule has 0 saturated carbocycles. The highest BCUT2D eigenvalue weighted by Gasteiger charge is 2.18. The molecular weight excluding hydrogens is 268 g/mol. The normalized spacial score (nSPS) is 19.0.